The molecule has 0 amide bonds. The van der Waals surface area contributed by atoms with E-state index in [4.69, 9.17) is 19.4 Å². The van der Waals surface area contributed by atoms with Crippen LogP contribution < -0.4 is 9.47 Å². The van der Waals surface area contributed by atoms with Crippen molar-refractivity contribution in [2.75, 3.05) is 14.2 Å². The van der Waals surface area contributed by atoms with Gasteiger partial charge in [-0.05, 0) is 24.1 Å². The van der Waals surface area contributed by atoms with Gasteiger partial charge in [0.05, 0.1) is 30.2 Å². The van der Waals surface area contributed by atoms with Crippen molar-refractivity contribution in [1.82, 2.24) is 19.9 Å². The standard InChI is InChI=1S/C19H18N4O2S/c1-10(2)14-17-15(16-19(26-17)21-8-7-20-16)23-18(22-14)12-9-11(24-3)5-6-13(12)25-4/h5-10H,1-4H3. The molecule has 7 heteroatoms. The molecule has 0 N–H and O–H groups in total. The normalized spacial score (nSPS) is 11.4. The number of ether oxygens (including phenoxy) is 2. The van der Waals surface area contributed by atoms with E-state index in [1.807, 2.05) is 18.2 Å². The number of nitrogens with zero attached hydrogens (tertiary/aromatic N) is 4. The van der Waals surface area contributed by atoms with E-state index in [1.165, 1.54) is 0 Å². The zero-order valence-electron chi connectivity index (χ0n) is 15.0. The highest BCUT2D eigenvalue weighted by Gasteiger charge is 2.20. The molecule has 0 saturated carbocycles. The number of fused-ring (bicyclic) bond motifs is 3. The molecule has 3 aromatic heterocycles. The highest BCUT2D eigenvalue weighted by atomic mass is 32.1. The maximum atomic E-state index is 5.52. The fourth-order valence-electron chi connectivity index (χ4n) is 2.89. The van der Waals surface area contributed by atoms with E-state index >= 15 is 0 Å². The number of thiophene rings is 1. The van der Waals surface area contributed by atoms with Gasteiger partial charge in [0.1, 0.15) is 27.4 Å². The largest absolute Gasteiger partial charge is 0.497 e. The Kier molecular flexibility index (Phi) is 4.16. The van der Waals surface area contributed by atoms with E-state index < -0.39 is 0 Å². The first-order valence-corrected chi connectivity index (χ1v) is 9.07. The second-order valence-corrected chi connectivity index (χ2v) is 7.14. The van der Waals surface area contributed by atoms with Crippen LogP contribution >= 0.6 is 11.3 Å². The SMILES string of the molecule is COc1ccc(OC)c(-c2nc(C(C)C)c3sc4nccnc4c3n2)c1. The third kappa shape index (κ3) is 2.64. The Balaban J connectivity index is 2.06. The van der Waals surface area contributed by atoms with Crippen molar-refractivity contribution in [3.63, 3.8) is 0 Å². The van der Waals surface area contributed by atoms with Crippen LogP contribution in [0.3, 0.4) is 0 Å². The molecule has 0 fully saturated rings. The number of methoxy groups -OCH3 is 2. The van der Waals surface area contributed by atoms with Crippen LogP contribution in [0.4, 0.5) is 0 Å². The van der Waals surface area contributed by atoms with E-state index in [0.29, 0.717) is 11.6 Å². The van der Waals surface area contributed by atoms with Crippen LogP contribution in [0.25, 0.3) is 32.0 Å². The fraction of sp³-hybridized carbons (Fsp3) is 0.263. The number of aromatic nitrogens is 4. The molecule has 0 aliphatic carbocycles. The molecule has 0 aliphatic heterocycles. The highest BCUT2D eigenvalue weighted by molar-refractivity contribution is 7.25. The van der Waals surface area contributed by atoms with Gasteiger partial charge in [-0.1, -0.05) is 13.8 Å². The molecule has 26 heavy (non-hydrogen) atoms. The van der Waals surface area contributed by atoms with Gasteiger partial charge in [-0.15, -0.1) is 11.3 Å². The van der Waals surface area contributed by atoms with Crippen molar-refractivity contribution in [1.29, 1.82) is 0 Å². The highest BCUT2D eigenvalue weighted by Crippen LogP contribution is 2.38. The summed E-state index contributed by atoms with van der Waals surface area (Å²) >= 11 is 1.58. The van der Waals surface area contributed by atoms with Crippen LogP contribution in [0.15, 0.2) is 30.6 Å². The number of hydrogen-bond donors (Lipinski definition) is 0. The first-order chi connectivity index (χ1) is 12.6. The summed E-state index contributed by atoms with van der Waals surface area (Å²) in [5.74, 6) is 2.27. The quantitative estimate of drug-likeness (QED) is 0.532. The Labute approximate surface area is 154 Å². The molecule has 1 aromatic carbocycles. The van der Waals surface area contributed by atoms with Gasteiger partial charge in [0.25, 0.3) is 0 Å². The number of hydrogen-bond acceptors (Lipinski definition) is 7. The molecular formula is C19H18N4O2S. The Morgan fingerprint density at radius 3 is 2.50 bits per heavy atom. The van der Waals surface area contributed by atoms with E-state index in [9.17, 15) is 0 Å². The van der Waals surface area contributed by atoms with Gasteiger partial charge in [-0.2, -0.15) is 0 Å². The zero-order valence-corrected chi connectivity index (χ0v) is 15.8. The van der Waals surface area contributed by atoms with Crippen molar-refractivity contribution < 1.29 is 9.47 Å². The maximum Gasteiger partial charge on any atom is 0.164 e. The van der Waals surface area contributed by atoms with Gasteiger partial charge in [0.15, 0.2) is 5.82 Å². The summed E-state index contributed by atoms with van der Waals surface area (Å²) < 4.78 is 11.9. The van der Waals surface area contributed by atoms with Gasteiger partial charge in [-0.25, -0.2) is 19.9 Å². The minimum absolute atomic E-state index is 0.240. The Morgan fingerprint density at radius 2 is 1.77 bits per heavy atom. The third-order valence-corrected chi connectivity index (χ3v) is 5.27. The lowest BCUT2D eigenvalue weighted by Gasteiger charge is -2.12. The zero-order chi connectivity index (χ0) is 18.3. The van der Waals surface area contributed by atoms with Crippen LogP contribution in [0.2, 0.25) is 0 Å². The van der Waals surface area contributed by atoms with Crippen molar-refractivity contribution in [3.05, 3.63) is 36.3 Å². The average molecular weight is 366 g/mol. The monoisotopic (exact) mass is 366 g/mol. The molecular weight excluding hydrogens is 348 g/mol. The molecule has 132 valence electrons. The van der Waals surface area contributed by atoms with E-state index in [-0.39, 0.29) is 5.92 Å². The van der Waals surface area contributed by atoms with E-state index in [1.54, 1.807) is 38.0 Å². The molecule has 0 aliphatic rings. The first kappa shape index (κ1) is 16.7. The van der Waals surface area contributed by atoms with Crippen LogP contribution in [0, 0.1) is 0 Å². The van der Waals surface area contributed by atoms with Crippen LogP contribution in [0.1, 0.15) is 25.5 Å². The van der Waals surface area contributed by atoms with Crippen molar-refractivity contribution in [2.45, 2.75) is 19.8 Å². The number of benzene rings is 1. The van der Waals surface area contributed by atoms with Crippen LogP contribution in [-0.4, -0.2) is 34.2 Å². The second-order valence-electron chi connectivity index (χ2n) is 6.14. The average Bonchev–Trinajstić information content (AvgIpc) is 3.05. The molecule has 0 radical (unpaired) electrons. The van der Waals surface area contributed by atoms with Gasteiger partial charge >= 0.3 is 0 Å². The van der Waals surface area contributed by atoms with Crippen molar-refractivity contribution in [3.8, 4) is 22.9 Å². The summed E-state index contributed by atoms with van der Waals surface area (Å²) in [7, 11) is 3.27. The van der Waals surface area contributed by atoms with E-state index in [0.717, 1.165) is 37.6 Å². The Bertz CT molecular complexity index is 1110. The second kappa shape index (κ2) is 6.49. The smallest absolute Gasteiger partial charge is 0.164 e. The van der Waals surface area contributed by atoms with Gasteiger partial charge < -0.3 is 9.47 Å². The molecule has 4 aromatic rings. The molecule has 4 rings (SSSR count). The summed E-state index contributed by atoms with van der Waals surface area (Å²) in [6.45, 7) is 4.25. The fourth-order valence-corrected chi connectivity index (χ4v) is 4.07. The maximum absolute atomic E-state index is 5.52. The molecule has 0 bridgehead atoms. The molecule has 3 heterocycles. The summed E-state index contributed by atoms with van der Waals surface area (Å²) in [5.41, 5.74) is 3.41. The third-order valence-electron chi connectivity index (χ3n) is 4.17. The summed E-state index contributed by atoms with van der Waals surface area (Å²) in [6.07, 6.45) is 3.39. The first-order valence-electron chi connectivity index (χ1n) is 8.26. The Hall–Kier alpha value is -2.80. The topological polar surface area (TPSA) is 70.0 Å². The van der Waals surface area contributed by atoms with Gasteiger partial charge in [-0.3, -0.25) is 0 Å². The summed E-state index contributed by atoms with van der Waals surface area (Å²) in [4.78, 5) is 19.5. The predicted molar refractivity (Wildman–Crippen MR) is 103 cm³/mol. The molecule has 0 spiro atoms. The van der Waals surface area contributed by atoms with Gasteiger partial charge in [0, 0.05) is 12.4 Å². The van der Waals surface area contributed by atoms with Gasteiger partial charge in [0.2, 0.25) is 0 Å². The van der Waals surface area contributed by atoms with Crippen molar-refractivity contribution in [2.24, 2.45) is 0 Å². The van der Waals surface area contributed by atoms with Crippen LogP contribution in [0.5, 0.6) is 11.5 Å². The van der Waals surface area contributed by atoms with Crippen LogP contribution in [-0.2, 0) is 0 Å². The lowest BCUT2D eigenvalue weighted by molar-refractivity contribution is 0.404. The molecule has 6 nitrogen and oxygen atoms in total. The molecule has 0 saturated heterocycles. The minimum atomic E-state index is 0.240. The summed E-state index contributed by atoms with van der Waals surface area (Å²) in [5, 5.41) is 0. The molecule has 0 atom stereocenters. The number of rotatable bonds is 4. The summed E-state index contributed by atoms with van der Waals surface area (Å²) in [6, 6.07) is 5.61. The molecule has 0 unspecified atom stereocenters. The predicted octanol–water partition coefficient (Wildman–Crippen LogP) is 4.44. The van der Waals surface area contributed by atoms with Crippen molar-refractivity contribution >= 4 is 31.9 Å². The lowest BCUT2D eigenvalue weighted by atomic mass is 10.1. The minimum Gasteiger partial charge on any atom is -0.497 e. The van der Waals surface area contributed by atoms with E-state index in [2.05, 4.69) is 23.8 Å². The Morgan fingerprint density at radius 1 is 0.962 bits per heavy atom. The lowest BCUT2D eigenvalue weighted by Crippen LogP contribution is -2.00.